The Labute approximate surface area is 164 Å². The predicted octanol–water partition coefficient (Wildman–Crippen LogP) is 1.80. The molecule has 2 heterocycles. The van der Waals surface area contributed by atoms with E-state index in [1.807, 2.05) is 0 Å². The average Bonchev–Trinajstić information content (AvgIpc) is 3.15. The van der Waals surface area contributed by atoms with Crippen LogP contribution in [0.25, 0.3) is 0 Å². The molecule has 8 nitrogen and oxygen atoms in total. The van der Waals surface area contributed by atoms with Crippen molar-refractivity contribution in [3.05, 3.63) is 29.8 Å². The molecule has 0 radical (unpaired) electrons. The molecule has 28 heavy (non-hydrogen) atoms. The van der Waals surface area contributed by atoms with E-state index in [0.717, 1.165) is 0 Å². The predicted molar refractivity (Wildman–Crippen MR) is 101 cm³/mol. The van der Waals surface area contributed by atoms with Crippen LogP contribution in [0.5, 0.6) is 0 Å². The number of hydrogen-bond acceptors (Lipinski definition) is 6. The van der Waals surface area contributed by atoms with Crippen LogP contribution in [0.4, 0.5) is 5.69 Å². The highest BCUT2D eigenvalue weighted by Crippen LogP contribution is 2.33. The maximum absolute atomic E-state index is 13.0. The van der Waals surface area contributed by atoms with Crippen LogP contribution in [0, 0.1) is 5.41 Å². The van der Waals surface area contributed by atoms with Crippen molar-refractivity contribution >= 4 is 23.5 Å². The molecule has 0 atom stereocenters. The van der Waals surface area contributed by atoms with Crippen molar-refractivity contribution in [1.82, 2.24) is 4.90 Å². The summed E-state index contributed by atoms with van der Waals surface area (Å²) in [5, 5.41) is 2.70. The van der Waals surface area contributed by atoms with Crippen LogP contribution in [-0.2, 0) is 23.8 Å². The second-order valence-electron chi connectivity index (χ2n) is 7.52. The number of piperidine rings is 1. The minimum atomic E-state index is -1.30. The molecule has 1 aromatic rings. The van der Waals surface area contributed by atoms with Crippen LogP contribution in [0.3, 0.4) is 0 Å². The molecule has 0 saturated carbocycles. The number of esters is 1. The lowest BCUT2D eigenvalue weighted by atomic mass is 9.88. The Hall–Kier alpha value is -2.45. The number of carbonyl (C=O) groups is 3. The zero-order valence-corrected chi connectivity index (χ0v) is 16.4. The molecular weight excluding hydrogens is 364 g/mol. The Morgan fingerprint density at radius 3 is 2.32 bits per heavy atom. The van der Waals surface area contributed by atoms with Gasteiger partial charge in [-0.05, 0) is 26.0 Å². The van der Waals surface area contributed by atoms with E-state index in [2.05, 4.69) is 5.32 Å². The minimum Gasteiger partial charge on any atom is -0.465 e. The first-order chi connectivity index (χ1) is 13.3. The number of hydrogen-bond donors (Lipinski definition) is 1. The van der Waals surface area contributed by atoms with Crippen molar-refractivity contribution in [3.63, 3.8) is 0 Å². The van der Waals surface area contributed by atoms with Gasteiger partial charge in [-0.15, -0.1) is 0 Å². The Bertz CT molecular complexity index is 760. The van der Waals surface area contributed by atoms with Gasteiger partial charge in [-0.1, -0.05) is 12.1 Å². The number of amides is 2. The molecule has 2 saturated heterocycles. The third-order valence-corrected chi connectivity index (χ3v) is 5.31. The number of carbonyl (C=O) groups excluding carboxylic acids is 3. The van der Waals surface area contributed by atoms with E-state index in [-0.39, 0.29) is 11.5 Å². The highest BCUT2D eigenvalue weighted by atomic mass is 16.7. The maximum atomic E-state index is 13.0. The first-order valence-electron chi connectivity index (χ1n) is 9.35. The number of methoxy groups -OCH3 is 1. The topological polar surface area (TPSA) is 94.2 Å². The lowest BCUT2D eigenvalue weighted by Crippen LogP contribution is -2.53. The van der Waals surface area contributed by atoms with E-state index < -0.39 is 23.1 Å². The average molecular weight is 390 g/mol. The molecule has 152 valence electrons. The molecule has 2 aliphatic heterocycles. The molecule has 2 aliphatic rings. The third-order valence-electron chi connectivity index (χ3n) is 5.31. The Balaban J connectivity index is 1.68. The largest absolute Gasteiger partial charge is 0.465 e. The third kappa shape index (κ3) is 3.88. The second-order valence-corrected chi connectivity index (χ2v) is 7.52. The minimum absolute atomic E-state index is 0.233. The molecule has 0 aromatic heterocycles. The Morgan fingerprint density at radius 2 is 1.71 bits per heavy atom. The van der Waals surface area contributed by atoms with E-state index in [9.17, 15) is 14.4 Å². The number of rotatable bonds is 4. The van der Waals surface area contributed by atoms with Gasteiger partial charge in [0.1, 0.15) is 5.41 Å². The van der Waals surface area contributed by atoms with Crippen molar-refractivity contribution < 1.29 is 28.6 Å². The number of benzene rings is 1. The first kappa shape index (κ1) is 20.3. The highest BCUT2D eigenvalue weighted by molar-refractivity contribution is 6.11. The number of nitrogens with zero attached hydrogens (tertiary/aromatic N) is 1. The molecule has 0 bridgehead atoms. The van der Waals surface area contributed by atoms with Crippen LogP contribution in [-0.4, -0.2) is 61.9 Å². The maximum Gasteiger partial charge on any atom is 0.339 e. The summed E-state index contributed by atoms with van der Waals surface area (Å²) >= 11 is 0. The van der Waals surface area contributed by atoms with Gasteiger partial charge in [-0.3, -0.25) is 9.59 Å². The summed E-state index contributed by atoms with van der Waals surface area (Å²) in [5.74, 6) is -1.89. The van der Waals surface area contributed by atoms with Gasteiger partial charge in [0.15, 0.2) is 5.79 Å². The Morgan fingerprint density at radius 1 is 1.11 bits per heavy atom. The molecule has 1 spiro atoms. The van der Waals surface area contributed by atoms with Crippen LogP contribution >= 0.6 is 0 Å². The fraction of sp³-hybridized carbons (Fsp3) is 0.550. The van der Waals surface area contributed by atoms with Gasteiger partial charge < -0.3 is 24.4 Å². The molecule has 2 amide bonds. The van der Waals surface area contributed by atoms with Gasteiger partial charge >= 0.3 is 5.97 Å². The van der Waals surface area contributed by atoms with Gasteiger partial charge in [0.2, 0.25) is 11.8 Å². The van der Waals surface area contributed by atoms with Gasteiger partial charge in [0.05, 0.1) is 31.6 Å². The summed E-state index contributed by atoms with van der Waals surface area (Å²) in [5.41, 5.74) is -0.756. The molecule has 0 unspecified atom stereocenters. The van der Waals surface area contributed by atoms with Crippen LogP contribution in [0.1, 0.15) is 37.0 Å². The zero-order valence-electron chi connectivity index (χ0n) is 16.4. The molecular formula is C20H26N2O6. The number of likely N-dealkylation sites (tertiary alicyclic amines) is 1. The fourth-order valence-electron chi connectivity index (χ4n) is 3.49. The molecule has 3 rings (SSSR count). The summed E-state index contributed by atoms with van der Waals surface area (Å²) < 4.78 is 16.1. The number of anilines is 1. The lowest BCUT2D eigenvalue weighted by molar-refractivity contribution is -0.189. The lowest BCUT2D eigenvalue weighted by Gasteiger charge is -2.40. The zero-order chi connectivity index (χ0) is 20.4. The number of nitrogens with one attached hydrogen (secondary N) is 1. The van der Waals surface area contributed by atoms with E-state index >= 15 is 0 Å². The smallest absolute Gasteiger partial charge is 0.339 e. The summed E-state index contributed by atoms with van der Waals surface area (Å²) in [6.45, 7) is 5.24. The van der Waals surface area contributed by atoms with Crippen molar-refractivity contribution in [1.29, 1.82) is 0 Å². The molecule has 0 aliphatic carbocycles. The SMILES string of the molecule is COC(=O)c1ccccc1NC(=O)C(C)(C)C(=O)N1CCC2(CC1)OCCO2. The van der Waals surface area contributed by atoms with E-state index in [1.165, 1.54) is 7.11 Å². The van der Waals surface area contributed by atoms with Crippen molar-refractivity contribution in [3.8, 4) is 0 Å². The van der Waals surface area contributed by atoms with Gasteiger partial charge in [0, 0.05) is 25.9 Å². The summed E-state index contributed by atoms with van der Waals surface area (Å²) in [4.78, 5) is 39.5. The van der Waals surface area contributed by atoms with E-state index in [1.54, 1.807) is 43.0 Å². The first-order valence-corrected chi connectivity index (χ1v) is 9.35. The van der Waals surface area contributed by atoms with Crippen LogP contribution in [0.2, 0.25) is 0 Å². The summed E-state index contributed by atoms with van der Waals surface area (Å²) in [7, 11) is 1.27. The second kappa shape index (κ2) is 7.89. The van der Waals surface area contributed by atoms with Gasteiger partial charge in [-0.2, -0.15) is 0 Å². The van der Waals surface area contributed by atoms with Crippen molar-refractivity contribution in [2.24, 2.45) is 5.41 Å². The number of ether oxygens (including phenoxy) is 3. The molecule has 1 aromatic carbocycles. The van der Waals surface area contributed by atoms with Crippen molar-refractivity contribution in [2.45, 2.75) is 32.5 Å². The quantitative estimate of drug-likeness (QED) is 0.622. The monoisotopic (exact) mass is 390 g/mol. The summed E-state index contributed by atoms with van der Waals surface area (Å²) in [6, 6.07) is 6.53. The fourth-order valence-corrected chi connectivity index (χ4v) is 3.49. The highest BCUT2D eigenvalue weighted by Gasteiger charge is 2.45. The van der Waals surface area contributed by atoms with Crippen molar-refractivity contribution in [2.75, 3.05) is 38.7 Å². The number of para-hydroxylation sites is 1. The standard InChI is InChI=1S/C20H26N2O6/c1-19(2,17(24)21-15-7-5-4-6-14(15)16(23)26-3)18(25)22-10-8-20(9-11-22)27-12-13-28-20/h4-7H,8-13H2,1-3H3,(H,21,24). The Kier molecular flexibility index (Phi) is 5.71. The van der Waals surface area contributed by atoms with E-state index in [4.69, 9.17) is 14.2 Å². The molecule has 2 fully saturated rings. The van der Waals surface area contributed by atoms with Gasteiger partial charge in [0.25, 0.3) is 0 Å². The van der Waals surface area contributed by atoms with Crippen LogP contribution in [0.15, 0.2) is 24.3 Å². The van der Waals surface area contributed by atoms with Gasteiger partial charge in [-0.25, -0.2) is 4.79 Å². The van der Waals surface area contributed by atoms with Crippen LogP contribution < -0.4 is 5.32 Å². The summed E-state index contributed by atoms with van der Waals surface area (Å²) in [6.07, 6.45) is 1.17. The normalized spacial score (nSPS) is 18.8. The van der Waals surface area contributed by atoms with E-state index in [0.29, 0.717) is 44.8 Å². The molecule has 1 N–H and O–H groups in total. The molecule has 8 heteroatoms.